The summed E-state index contributed by atoms with van der Waals surface area (Å²) in [6.45, 7) is 3.55. The number of hydrogen-bond donors (Lipinski definition) is 1. The Morgan fingerprint density at radius 2 is 2.14 bits per heavy atom. The summed E-state index contributed by atoms with van der Waals surface area (Å²) in [5.74, 6) is -0.356. The normalized spacial score (nSPS) is 12.3. The first kappa shape index (κ1) is 10.7. The molecule has 1 aromatic rings. The lowest BCUT2D eigenvalue weighted by molar-refractivity contribution is 0.0600. The Hall–Kier alpha value is -1.35. The number of methoxy groups -OCH3 is 1. The highest BCUT2D eigenvalue weighted by atomic mass is 16.5. The maximum Gasteiger partial charge on any atom is 0.337 e. The summed E-state index contributed by atoms with van der Waals surface area (Å²) < 4.78 is 4.59. The highest BCUT2D eigenvalue weighted by Gasteiger charge is 2.09. The van der Waals surface area contributed by atoms with Crippen molar-refractivity contribution in [3.05, 3.63) is 34.9 Å². The quantitative estimate of drug-likeness (QED) is 0.730. The van der Waals surface area contributed by atoms with Gasteiger partial charge in [-0.25, -0.2) is 4.79 Å². The molecule has 0 bridgehead atoms. The molecule has 0 fully saturated rings. The van der Waals surface area contributed by atoms with Gasteiger partial charge in [0.2, 0.25) is 0 Å². The summed E-state index contributed by atoms with van der Waals surface area (Å²) in [6, 6.07) is 5.11. The molecule has 0 heterocycles. The molecule has 0 saturated heterocycles. The molecule has 0 amide bonds. The summed E-state index contributed by atoms with van der Waals surface area (Å²) >= 11 is 0. The number of carbonyl (C=O) groups is 1. The number of aliphatic hydroxyl groups excluding tert-OH is 1. The van der Waals surface area contributed by atoms with Crippen LogP contribution in [0.5, 0.6) is 0 Å². The van der Waals surface area contributed by atoms with Crippen molar-refractivity contribution in [3.8, 4) is 0 Å². The van der Waals surface area contributed by atoms with Crippen LogP contribution in [0.2, 0.25) is 0 Å². The zero-order valence-corrected chi connectivity index (χ0v) is 8.57. The minimum absolute atomic E-state index is 0.356. The smallest absolute Gasteiger partial charge is 0.337 e. The van der Waals surface area contributed by atoms with Gasteiger partial charge in [-0.3, -0.25) is 0 Å². The lowest BCUT2D eigenvalue weighted by Crippen LogP contribution is -2.03. The fraction of sp³-hybridized carbons (Fsp3) is 0.364. The molecule has 3 nitrogen and oxygen atoms in total. The molecule has 0 aliphatic rings. The summed E-state index contributed by atoms with van der Waals surface area (Å²) in [5, 5.41) is 9.38. The molecular formula is C11H14O3. The second-order valence-electron chi connectivity index (χ2n) is 3.24. The van der Waals surface area contributed by atoms with Crippen LogP contribution < -0.4 is 0 Å². The van der Waals surface area contributed by atoms with Crippen LogP contribution in [0, 0.1) is 6.92 Å². The van der Waals surface area contributed by atoms with Gasteiger partial charge in [0.25, 0.3) is 0 Å². The highest BCUT2D eigenvalue weighted by Crippen LogP contribution is 2.18. The fourth-order valence-corrected chi connectivity index (χ4v) is 1.39. The van der Waals surface area contributed by atoms with E-state index in [-0.39, 0.29) is 5.97 Å². The third kappa shape index (κ3) is 2.12. The first-order chi connectivity index (χ1) is 6.56. The van der Waals surface area contributed by atoms with E-state index in [1.54, 1.807) is 25.1 Å². The molecule has 0 aliphatic heterocycles. The molecule has 1 rings (SSSR count). The number of aryl methyl sites for hydroxylation is 1. The van der Waals surface area contributed by atoms with E-state index in [0.29, 0.717) is 5.56 Å². The third-order valence-electron chi connectivity index (χ3n) is 2.14. The number of carbonyl (C=O) groups excluding carboxylic acids is 1. The van der Waals surface area contributed by atoms with Crippen LogP contribution in [-0.2, 0) is 4.74 Å². The number of ether oxygens (including phenoxy) is 1. The van der Waals surface area contributed by atoms with E-state index in [9.17, 15) is 9.90 Å². The van der Waals surface area contributed by atoms with Gasteiger partial charge >= 0.3 is 5.97 Å². The zero-order chi connectivity index (χ0) is 10.7. The van der Waals surface area contributed by atoms with Crippen LogP contribution in [0.3, 0.4) is 0 Å². The number of hydrogen-bond acceptors (Lipinski definition) is 3. The Kier molecular flexibility index (Phi) is 3.25. The van der Waals surface area contributed by atoms with Gasteiger partial charge < -0.3 is 9.84 Å². The molecular weight excluding hydrogens is 180 g/mol. The van der Waals surface area contributed by atoms with Gasteiger partial charge in [0, 0.05) is 0 Å². The van der Waals surface area contributed by atoms with E-state index < -0.39 is 6.10 Å². The highest BCUT2D eigenvalue weighted by molar-refractivity contribution is 5.89. The van der Waals surface area contributed by atoms with Crippen molar-refractivity contribution < 1.29 is 14.6 Å². The van der Waals surface area contributed by atoms with Crippen molar-refractivity contribution in [2.75, 3.05) is 7.11 Å². The first-order valence-corrected chi connectivity index (χ1v) is 4.43. The summed E-state index contributed by atoms with van der Waals surface area (Å²) in [6.07, 6.45) is -0.512. The van der Waals surface area contributed by atoms with Crippen LogP contribution in [0.1, 0.15) is 34.5 Å². The molecule has 0 unspecified atom stereocenters. The number of rotatable bonds is 2. The molecule has 0 aliphatic carbocycles. The molecule has 3 heteroatoms. The van der Waals surface area contributed by atoms with Crippen molar-refractivity contribution in [3.63, 3.8) is 0 Å². The lowest BCUT2D eigenvalue weighted by atomic mass is 10.0. The monoisotopic (exact) mass is 194 g/mol. The van der Waals surface area contributed by atoms with E-state index in [4.69, 9.17) is 0 Å². The van der Waals surface area contributed by atoms with E-state index >= 15 is 0 Å². The van der Waals surface area contributed by atoms with E-state index in [1.807, 2.05) is 6.92 Å². The van der Waals surface area contributed by atoms with E-state index in [2.05, 4.69) is 4.74 Å². The molecule has 1 N–H and O–H groups in total. The van der Waals surface area contributed by atoms with E-state index in [1.165, 1.54) is 7.11 Å². The van der Waals surface area contributed by atoms with E-state index in [0.717, 1.165) is 11.1 Å². The number of benzene rings is 1. The van der Waals surface area contributed by atoms with Crippen molar-refractivity contribution in [1.82, 2.24) is 0 Å². The third-order valence-corrected chi connectivity index (χ3v) is 2.14. The predicted octanol–water partition coefficient (Wildman–Crippen LogP) is 1.83. The van der Waals surface area contributed by atoms with Gasteiger partial charge in [0.05, 0.1) is 18.8 Å². The second-order valence-corrected chi connectivity index (χ2v) is 3.24. The molecule has 0 saturated carbocycles. The van der Waals surface area contributed by atoms with Crippen LogP contribution in [0.15, 0.2) is 18.2 Å². The largest absolute Gasteiger partial charge is 0.465 e. The summed E-state index contributed by atoms with van der Waals surface area (Å²) in [4.78, 5) is 11.2. The van der Waals surface area contributed by atoms with Gasteiger partial charge in [-0.05, 0) is 37.1 Å². The Labute approximate surface area is 83.3 Å². The average molecular weight is 194 g/mol. The molecule has 0 spiro atoms. The maximum atomic E-state index is 11.2. The number of aliphatic hydroxyl groups is 1. The maximum absolute atomic E-state index is 11.2. The van der Waals surface area contributed by atoms with Crippen LogP contribution in [0.4, 0.5) is 0 Å². The molecule has 76 valence electrons. The standard InChI is InChI=1S/C11H14O3/c1-7-6-9(11(13)14-3)4-5-10(7)8(2)12/h4-6,8,12H,1-3H3/t8-/m0/s1. The SMILES string of the molecule is COC(=O)c1ccc([C@H](C)O)c(C)c1. The van der Waals surface area contributed by atoms with Crippen molar-refractivity contribution >= 4 is 5.97 Å². The van der Waals surface area contributed by atoms with Gasteiger partial charge in [-0.1, -0.05) is 6.07 Å². The Morgan fingerprint density at radius 3 is 2.57 bits per heavy atom. The first-order valence-electron chi connectivity index (χ1n) is 4.43. The Balaban J connectivity index is 3.06. The lowest BCUT2D eigenvalue weighted by Gasteiger charge is -2.09. The Bertz CT molecular complexity index is 342. The Morgan fingerprint density at radius 1 is 1.50 bits per heavy atom. The topological polar surface area (TPSA) is 46.5 Å². The summed E-state index contributed by atoms with van der Waals surface area (Å²) in [7, 11) is 1.35. The minimum atomic E-state index is -0.512. The van der Waals surface area contributed by atoms with Gasteiger partial charge in [-0.15, -0.1) is 0 Å². The summed E-state index contributed by atoms with van der Waals surface area (Å²) in [5.41, 5.74) is 2.23. The zero-order valence-electron chi connectivity index (χ0n) is 8.57. The second kappa shape index (κ2) is 4.24. The van der Waals surface area contributed by atoms with Crippen molar-refractivity contribution in [1.29, 1.82) is 0 Å². The molecule has 0 aromatic heterocycles. The molecule has 1 aromatic carbocycles. The molecule has 1 atom stereocenters. The number of esters is 1. The van der Waals surface area contributed by atoms with Gasteiger partial charge in [0.1, 0.15) is 0 Å². The van der Waals surface area contributed by atoms with Crippen LogP contribution >= 0.6 is 0 Å². The predicted molar refractivity (Wildman–Crippen MR) is 53.2 cm³/mol. The molecule has 14 heavy (non-hydrogen) atoms. The molecule has 0 radical (unpaired) electrons. The van der Waals surface area contributed by atoms with Gasteiger partial charge in [-0.2, -0.15) is 0 Å². The fourth-order valence-electron chi connectivity index (χ4n) is 1.39. The van der Waals surface area contributed by atoms with Crippen LogP contribution in [-0.4, -0.2) is 18.2 Å². The van der Waals surface area contributed by atoms with Crippen molar-refractivity contribution in [2.45, 2.75) is 20.0 Å². The average Bonchev–Trinajstić information content (AvgIpc) is 2.15. The van der Waals surface area contributed by atoms with Gasteiger partial charge in [0.15, 0.2) is 0 Å². The van der Waals surface area contributed by atoms with Crippen LogP contribution in [0.25, 0.3) is 0 Å². The van der Waals surface area contributed by atoms with Crippen molar-refractivity contribution in [2.24, 2.45) is 0 Å². The minimum Gasteiger partial charge on any atom is -0.465 e.